The van der Waals surface area contributed by atoms with Crippen LogP contribution in [0.4, 0.5) is 0 Å². The zero-order valence-corrected chi connectivity index (χ0v) is 8.07. The summed E-state index contributed by atoms with van der Waals surface area (Å²) >= 11 is 0. The molecule has 0 unspecified atom stereocenters. The van der Waals surface area contributed by atoms with Crippen LogP contribution in [-0.2, 0) is 0 Å². The highest BCUT2D eigenvalue weighted by Crippen LogP contribution is 2.38. The lowest BCUT2D eigenvalue weighted by molar-refractivity contribution is 0.406. The van der Waals surface area contributed by atoms with Gasteiger partial charge in [-0.15, -0.1) is 0 Å². The van der Waals surface area contributed by atoms with Gasteiger partial charge in [0, 0.05) is 0 Å². The second kappa shape index (κ2) is 2.84. The molecule has 0 radical (unpaired) electrons. The van der Waals surface area contributed by atoms with Gasteiger partial charge in [0.25, 0.3) is 0 Å². The van der Waals surface area contributed by atoms with Crippen molar-refractivity contribution < 1.29 is 0 Å². The van der Waals surface area contributed by atoms with Crippen molar-refractivity contribution in [3.8, 4) is 0 Å². The molecule has 0 fully saturated rings. The average Bonchev–Trinajstić information content (AvgIpc) is 1.83. The summed E-state index contributed by atoms with van der Waals surface area (Å²) in [6, 6.07) is 0. The molecular weight excluding hydrogens is 132 g/mol. The predicted molar refractivity (Wildman–Crippen MR) is 50.5 cm³/mol. The maximum atomic E-state index is 2.33. The summed E-state index contributed by atoms with van der Waals surface area (Å²) in [7, 11) is 0. The van der Waals surface area contributed by atoms with E-state index in [0.29, 0.717) is 5.41 Å². The zero-order valence-electron chi connectivity index (χ0n) is 8.07. The van der Waals surface area contributed by atoms with Gasteiger partial charge in [-0.05, 0) is 29.9 Å². The Morgan fingerprint density at radius 3 is 2.18 bits per heavy atom. The van der Waals surface area contributed by atoms with Gasteiger partial charge in [0.2, 0.25) is 0 Å². The van der Waals surface area contributed by atoms with E-state index in [0.717, 1.165) is 0 Å². The third kappa shape index (κ3) is 1.55. The van der Waals surface area contributed by atoms with Gasteiger partial charge in [-0.2, -0.15) is 0 Å². The minimum atomic E-state index is 0.410. The average molecular weight is 150 g/mol. The van der Waals surface area contributed by atoms with Gasteiger partial charge in [-0.1, -0.05) is 39.3 Å². The molecular formula is C11H18. The molecule has 0 aromatic carbocycles. The van der Waals surface area contributed by atoms with E-state index >= 15 is 0 Å². The van der Waals surface area contributed by atoms with Crippen molar-refractivity contribution in [3.63, 3.8) is 0 Å². The van der Waals surface area contributed by atoms with Gasteiger partial charge < -0.3 is 0 Å². The fourth-order valence-electron chi connectivity index (χ4n) is 1.85. The van der Waals surface area contributed by atoms with E-state index in [1.54, 1.807) is 5.57 Å². The summed E-state index contributed by atoms with van der Waals surface area (Å²) in [4.78, 5) is 0. The first-order valence-corrected chi connectivity index (χ1v) is 4.47. The van der Waals surface area contributed by atoms with Crippen molar-refractivity contribution in [2.24, 2.45) is 5.41 Å². The summed E-state index contributed by atoms with van der Waals surface area (Å²) in [5, 5.41) is 0. The molecule has 1 aliphatic carbocycles. The second-order valence-corrected chi connectivity index (χ2v) is 4.06. The van der Waals surface area contributed by atoms with Crippen LogP contribution in [0, 0.1) is 5.41 Å². The highest BCUT2D eigenvalue weighted by molar-refractivity contribution is 5.46. The van der Waals surface area contributed by atoms with Crippen LogP contribution in [0.25, 0.3) is 0 Å². The predicted octanol–water partition coefficient (Wildman–Crippen LogP) is 3.70. The maximum Gasteiger partial charge on any atom is -0.0101 e. The van der Waals surface area contributed by atoms with Crippen molar-refractivity contribution in [1.29, 1.82) is 0 Å². The number of hydrogen-bond acceptors (Lipinski definition) is 0. The summed E-state index contributed by atoms with van der Waals surface area (Å²) in [5.41, 5.74) is 3.44. The number of hydrogen-bond donors (Lipinski definition) is 0. The van der Waals surface area contributed by atoms with Gasteiger partial charge in [-0.25, -0.2) is 0 Å². The van der Waals surface area contributed by atoms with E-state index < -0.39 is 0 Å². The molecule has 0 nitrogen and oxygen atoms in total. The Hall–Kier alpha value is -0.520. The minimum absolute atomic E-state index is 0.410. The van der Waals surface area contributed by atoms with E-state index in [2.05, 4.69) is 39.8 Å². The van der Waals surface area contributed by atoms with Gasteiger partial charge >= 0.3 is 0 Å². The fraction of sp³-hybridized carbons (Fsp3) is 0.636. The van der Waals surface area contributed by atoms with E-state index in [1.165, 1.54) is 18.4 Å². The van der Waals surface area contributed by atoms with E-state index in [-0.39, 0.29) is 0 Å². The molecule has 0 atom stereocenters. The molecule has 0 saturated carbocycles. The molecule has 62 valence electrons. The minimum Gasteiger partial charge on any atom is -0.0654 e. The van der Waals surface area contributed by atoms with Crippen molar-refractivity contribution >= 4 is 0 Å². The standard InChI is InChI=1S/C11H18/c1-5-8-11(3,4)10-7-6-9(10)2/h6-7H,5,8H2,1-4H3. The van der Waals surface area contributed by atoms with Crippen LogP contribution in [-0.4, -0.2) is 0 Å². The molecule has 0 bridgehead atoms. The largest absolute Gasteiger partial charge is 0.0654 e. The van der Waals surface area contributed by atoms with Crippen LogP contribution in [0.1, 0.15) is 40.5 Å². The second-order valence-electron chi connectivity index (χ2n) is 4.06. The molecule has 0 aliphatic heterocycles. The zero-order chi connectivity index (χ0) is 8.48. The highest BCUT2D eigenvalue weighted by atomic mass is 14.3. The topological polar surface area (TPSA) is 0 Å². The molecule has 1 aliphatic rings. The van der Waals surface area contributed by atoms with Crippen molar-refractivity contribution in [3.05, 3.63) is 23.3 Å². The van der Waals surface area contributed by atoms with Crippen LogP contribution in [0.5, 0.6) is 0 Å². The Kier molecular flexibility index (Phi) is 2.22. The third-order valence-corrected chi connectivity index (χ3v) is 2.53. The Labute approximate surface area is 70.0 Å². The van der Waals surface area contributed by atoms with Crippen LogP contribution in [0.15, 0.2) is 23.3 Å². The molecule has 0 heteroatoms. The summed E-state index contributed by atoms with van der Waals surface area (Å²) in [6.07, 6.45) is 7.03. The smallest absolute Gasteiger partial charge is 0.0101 e. The SMILES string of the molecule is CCCC(C)(C)C1=C(C)C=C1. The normalized spacial score (nSPS) is 17.1. The van der Waals surface area contributed by atoms with E-state index in [9.17, 15) is 0 Å². The summed E-state index contributed by atoms with van der Waals surface area (Å²) < 4.78 is 0. The van der Waals surface area contributed by atoms with E-state index in [4.69, 9.17) is 0 Å². The maximum absolute atomic E-state index is 2.33. The van der Waals surface area contributed by atoms with Crippen molar-refractivity contribution in [2.45, 2.75) is 40.5 Å². The van der Waals surface area contributed by atoms with Gasteiger partial charge in [-0.3, -0.25) is 0 Å². The molecule has 0 aromatic heterocycles. The van der Waals surface area contributed by atoms with Crippen LogP contribution in [0.3, 0.4) is 0 Å². The number of allylic oxidation sites excluding steroid dienone is 4. The lowest BCUT2D eigenvalue weighted by atomic mass is 9.74. The molecule has 11 heavy (non-hydrogen) atoms. The fourth-order valence-corrected chi connectivity index (χ4v) is 1.85. The first-order chi connectivity index (χ1) is 5.08. The Morgan fingerprint density at radius 2 is 1.91 bits per heavy atom. The van der Waals surface area contributed by atoms with Crippen LogP contribution < -0.4 is 0 Å². The van der Waals surface area contributed by atoms with Crippen molar-refractivity contribution in [2.75, 3.05) is 0 Å². The molecule has 0 aromatic rings. The van der Waals surface area contributed by atoms with E-state index in [1.807, 2.05) is 0 Å². The lowest BCUT2D eigenvalue weighted by Crippen LogP contribution is -2.17. The number of rotatable bonds is 3. The molecule has 1 rings (SSSR count). The molecule has 0 N–H and O–H groups in total. The lowest BCUT2D eigenvalue weighted by Gasteiger charge is -2.31. The highest BCUT2D eigenvalue weighted by Gasteiger charge is 2.24. The summed E-state index contributed by atoms with van der Waals surface area (Å²) in [6.45, 7) is 9.12. The molecule has 0 saturated heterocycles. The van der Waals surface area contributed by atoms with Crippen LogP contribution in [0.2, 0.25) is 0 Å². The summed E-state index contributed by atoms with van der Waals surface area (Å²) in [5.74, 6) is 0. The van der Waals surface area contributed by atoms with Crippen molar-refractivity contribution in [1.82, 2.24) is 0 Å². The Morgan fingerprint density at radius 1 is 1.27 bits per heavy atom. The van der Waals surface area contributed by atoms with Gasteiger partial charge in [0.15, 0.2) is 0 Å². The Bertz CT molecular complexity index is 204. The molecule has 0 heterocycles. The molecule has 0 spiro atoms. The third-order valence-electron chi connectivity index (χ3n) is 2.53. The monoisotopic (exact) mass is 150 g/mol. The first kappa shape index (κ1) is 8.58. The quantitative estimate of drug-likeness (QED) is 0.575. The van der Waals surface area contributed by atoms with Gasteiger partial charge in [0.1, 0.15) is 0 Å². The Balaban J connectivity index is 2.65. The van der Waals surface area contributed by atoms with Gasteiger partial charge in [0.05, 0.1) is 0 Å². The van der Waals surface area contributed by atoms with Crippen LogP contribution >= 0.6 is 0 Å². The molecule has 0 amide bonds. The first-order valence-electron chi connectivity index (χ1n) is 4.47.